The van der Waals surface area contributed by atoms with Crippen LogP contribution in [0.2, 0.25) is 0 Å². The van der Waals surface area contributed by atoms with Gasteiger partial charge in [0.05, 0.1) is 23.2 Å². The number of benzene rings is 1. The van der Waals surface area contributed by atoms with E-state index in [4.69, 9.17) is 4.74 Å². The largest absolute Gasteiger partial charge is 0.494 e. The maximum absolute atomic E-state index is 12.5. The summed E-state index contributed by atoms with van der Waals surface area (Å²) in [7, 11) is 0. The molecule has 6 nitrogen and oxygen atoms in total. The van der Waals surface area contributed by atoms with Crippen LogP contribution in [-0.2, 0) is 0 Å². The Balaban J connectivity index is 1.87. The van der Waals surface area contributed by atoms with Crippen molar-refractivity contribution in [3.8, 4) is 5.75 Å². The molecule has 0 aliphatic heterocycles. The van der Waals surface area contributed by atoms with E-state index in [2.05, 4.69) is 15.3 Å². The summed E-state index contributed by atoms with van der Waals surface area (Å²) < 4.78 is 5.37. The fourth-order valence-corrected chi connectivity index (χ4v) is 3.33. The predicted octanol–water partition coefficient (Wildman–Crippen LogP) is 2.94. The Hall–Kier alpha value is -2.67. The Bertz CT molecular complexity index is 912. The normalized spacial score (nSPS) is 10.7. The molecule has 1 amide bonds. The first kappa shape index (κ1) is 15.2. The topological polar surface area (TPSA) is 84.1 Å². The van der Waals surface area contributed by atoms with Gasteiger partial charge in [-0.2, -0.15) is 0 Å². The van der Waals surface area contributed by atoms with Crippen LogP contribution in [0.15, 0.2) is 35.4 Å². The van der Waals surface area contributed by atoms with Crippen molar-refractivity contribution in [2.75, 3.05) is 11.9 Å². The number of ether oxygens (including phenoxy) is 1. The van der Waals surface area contributed by atoms with Gasteiger partial charge in [-0.05, 0) is 43.7 Å². The third-order valence-electron chi connectivity index (χ3n) is 3.36. The molecule has 0 aliphatic carbocycles. The van der Waals surface area contributed by atoms with E-state index in [0.29, 0.717) is 33.0 Å². The number of aryl methyl sites for hydroxylation is 1. The highest BCUT2D eigenvalue weighted by Gasteiger charge is 2.18. The summed E-state index contributed by atoms with van der Waals surface area (Å²) in [6, 6.07) is 7.14. The summed E-state index contributed by atoms with van der Waals surface area (Å²) in [6.07, 6.45) is 1.34. The number of carbonyl (C=O) groups is 1. The summed E-state index contributed by atoms with van der Waals surface area (Å²) in [5.74, 6) is 0.494. The molecule has 0 unspecified atom stereocenters. The van der Waals surface area contributed by atoms with Crippen molar-refractivity contribution >= 4 is 33.1 Å². The highest BCUT2D eigenvalue weighted by Crippen LogP contribution is 2.27. The number of nitrogens with one attached hydrogen (secondary N) is 2. The average molecular weight is 329 g/mol. The Kier molecular flexibility index (Phi) is 4.12. The lowest BCUT2D eigenvalue weighted by Crippen LogP contribution is -2.12. The van der Waals surface area contributed by atoms with Crippen LogP contribution in [0, 0.1) is 6.92 Å². The summed E-state index contributed by atoms with van der Waals surface area (Å²) in [5, 5.41) is 3.29. The van der Waals surface area contributed by atoms with Crippen LogP contribution in [-0.4, -0.2) is 22.5 Å². The first-order valence-corrected chi connectivity index (χ1v) is 7.92. The second kappa shape index (κ2) is 6.21. The fourth-order valence-electron chi connectivity index (χ4n) is 2.28. The van der Waals surface area contributed by atoms with Crippen molar-refractivity contribution in [3.05, 3.63) is 51.4 Å². The standard InChI is InChI=1S/C16H15N3O3S/c1-3-22-11-6-4-10(5-7-11)19-15(21)13-9(2)12-14(20)17-8-18-16(12)23-13/h4-8H,3H2,1-2H3,(H,19,21)(H,17,18,20). The number of hydrogen-bond donors (Lipinski definition) is 2. The summed E-state index contributed by atoms with van der Waals surface area (Å²) in [6.45, 7) is 4.26. The van der Waals surface area contributed by atoms with Crippen LogP contribution in [0.25, 0.3) is 10.2 Å². The molecule has 3 aromatic rings. The SMILES string of the molecule is CCOc1ccc(NC(=O)c2sc3nc[nH]c(=O)c3c2C)cc1. The van der Waals surface area contributed by atoms with E-state index >= 15 is 0 Å². The van der Waals surface area contributed by atoms with Gasteiger partial charge in [0.2, 0.25) is 0 Å². The maximum atomic E-state index is 12.5. The quantitative estimate of drug-likeness (QED) is 0.771. The van der Waals surface area contributed by atoms with Gasteiger partial charge in [-0.25, -0.2) is 4.98 Å². The molecule has 3 rings (SSSR count). The highest BCUT2D eigenvalue weighted by atomic mass is 32.1. The smallest absolute Gasteiger partial charge is 0.266 e. The van der Waals surface area contributed by atoms with E-state index in [0.717, 1.165) is 5.75 Å². The van der Waals surface area contributed by atoms with Gasteiger partial charge in [0.15, 0.2) is 0 Å². The van der Waals surface area contributed by atoms with Crippen LogP contribution in [0.5, 0.6) is 5.75 Å². The van der Waals surface area contributed by atoms with E-state index in [9.17, 15) is 9.59 Å². The number of carbonyl (C=O) groups excluding carboxylic acids is 1. The Morgan fingerprint density at radius 3 is 2.74 bits per heavy atom. The minimum Gasteiger partial charge on any atom is -0.494 e. The Morgan fingerprint density at radius 2 is 2.09 bits per heavy atom. The second-order valence-corrected chi connectivity index (χ2v) is 5.88. The second-order valence-electron chi connectivity index (χ2n) is 4.88. The van der Waals surface area contributed by atoms with Crippen molar-refractivity contribution in [1.82, 2.24) is 9.97 Å². The molecule has 1 aromatic carbocycles. The minimum atomic E-state index is -0.256. The Morgan fingerprint density at radius 1 is 1.35 bits per heavy atom. The van der Waals surface area contributed by atoms with Gasteiger partial charge < -0.3 is 15.0 Å². The van der Waals surface area contributed by atoms with E-state index in [1.165, 1.54) is 17.7 Å². The van der Waals surface area contributed by atoms with Gasteiger partial charge in [0.25, 0.3) is 11.5 Å². The number of thiophene rings is 1. The number of aromatic amines is 1. The van der Waals surface area contributed by atoms with Crippen LogP contribution in [0.1, 0.15) is 22.2 Å². The molecule has 7 heteroatoms. The summed E-state index contributed by atoms with van der Waals surface area (Å²) in [5.41, 5.74) is 1.07. The zero-order valence-electron chi connectivity index (χ0n) is 12.7. The van der Waals surface area contributed by atoms with E-state index < -0.39 is 0 Å². The number of fused-ring (bicyclic) bond motifs is 1. The van der Waals surface area contributed by atoms with Crippen LogP contribution < -0.4 is 15.6 Å². The molecule has 0 saturated carbocycles. The number of rotatable bonds is 4. The van der Waals surface area contributed by atoms with Crippen LogP contribution in [0.4, 0.5) is 5.69 Å². The van der Waals surface area contributed by atoms with E-state index in [1.54, 1.807) is 31.2 Å². The fraction of sp³-hybridized carbons (Fsp3) is 0.188. The maximum Gasteiger partial charge on any atom is 0.266 e. The Labute approximate surface area is 136 Å². The predicted molar refractivity (Wildman–Crippen MR) is 90.5 cm³/mol. The molecule has 0 aliphatic rings. The lowest BCUT2D eigenvalue weighted by molar-refractivity contribution is 0.103. The van der Waals surface area contributed by atoms with Crippen molar-refractivity contribution in [3.63, 3.8) is 0 Å². The number of nitrogens with zero attached hydrogens (tertiary/aromatic N) is 1. The molecule has 0 spiro atoms. The highest BCUT2D eigenvalue weighted by molar-refractivity contribution is 7.20. The van der Waals surface area contributed by atoms with Crippen molar-refractivity contribution in [2.45, 2.75) is 13.8 Å². The van der Waals surface area contributed by atoms with E-state index in [-0.39, 0.29) is 11.5 Å². The van der Waals surface area contributed by atoms with Crippen molar-refractivity contribution in [1.29, 1.82) is 0 Å². The first-order chi connectivity index (χ1) is 11.1. The third-order valence-corrected chi connectivity index (χ3v) is 4.56. The number of amides is 1. The summed E-state index contributed by atoms with van der Waals surface area (Å²) in [4.78, 5) is 32.0. The molecule has 2 heterocycles. The molecule has 0 fully saturated rings. The van der Waals surface area contributed by atoms with Gasteiger partial charge in [-0.1, -0.05) is 0 Å². The molecule has 118 valence electrons. The number of H-pyrrole nitrogens is 1. The first-order valence-electron chi connectivity index (χ1n) is 7.11. The van der Waals surface area contributed by atoms with Crippen molar-refractivity contribution in [2.24, 2.45) is 0 Å². The van der Waals surface area contributed by atoms with E-state index in [1.807, 2.05) is 6.92 Å². The monoisotopic (exact) mass is 329 g/mol. The molecule has 2 aromatic heterocycles. The van der Waals surface area contributed by atoms with Gasteiger partial charge >= 0.3 is 0 Å². The van der Waals surface area contributed by atoms with Crippen LogP contribution >= 0.6 is 11.3 Å². The van der Waals surface area contributed by atoms with Gasteiger partial charge in [0, 0.05) is 5.69 Å². The zero-order valence-corrected chi connectivity index (χ0v) is 13.5. The molecule has 0 saturated heterocycles. The molecule has 0 bridgehead atoms. The molecule has 0 radical (unpaired) electrons. The van der Waals surface area contributed by atoms with Crippen LogP contribution in [0.3, 0.4) is 0 Å². The van der Waals surface area contributed by atoms with Gasteiger partial charge in [-0.3, -0.25) is 9.59 Å². The molecule has 23 heavy (non-hydrogen) atoms. The lowest BCUT2D eigenvalue weighted by atomic mass is 10.2. The minimum absolute atomic E-state index is 0.233. The zero-order chi connectivity index (χ0) is 16.4. The third kappa shape index (κ3) is 2.95. The lowest BCUT2D eigenvalue weighted by Gasteiger charge is -2.06. The molecule has 0 atom stereocenters. The molecular formula is C16H15N3O3S. The number of anilines is 1. The van der Waals surface area contributed by atoms with Crippen molar-refractivity contribution < 1.29 is 9.53 Å². The molecular weight excluding hydrogens is 314 g/mol. The number of hydrogen-bond acceptors (Lipinski definition) is 5. The van der Waals surface area contributed by atoms with Gasteiger partial charge in [0.1, 0.15) is 10.6 Å². The molecule has 2 N–H and O–H groups in total. The summed E-state index contributed by atoms with van der Waals surface area (Å²) >= 11 is 1.21. The number of aromatic nitrogens is 2. The average Bonchev–Trinajstić information content (AvgIpc) is 2.88. The van der Waals surface area contributed by atoms with Gasteiger partial charge in [-0.15, -0.1) is 11.3 Å².